The molecule has 0 aliphatic heterocycles. The Labute approximate surface area is 71.5 Å². The maximum Gasteiger partial charge on any atom is 0.360 e. The minimum absolute atomic E-state index is 0.0884. The first-order valence-electron chi connectivity index (χ1n) is 3.60. The molecule has 0 radical (unpaired) electrons. The Morgan fingerprint density at radius 1 is 1.33 bits per heavy atom. The van der Waals surface area contributed by atoms with Crippen molar-refractivity contribution < 1.29 is 9.52 Å². The summed E-state index contributed by atoms with van der Waals surface area (Å²) in [6.45, 7) is 9.02. The number of aryl methyl sites for hydroxylation is 1. The van der Waals surface area contributed by atoms with E-state index in [9.17, 15) is 5.11 Å². The first-order valence-corrected chi connectivity index (χ1v) is 3.60. The van der Waals surface area contributed by atoms with Gasteiger partial charge in [0.25, 0.3) is 0 Å². The average molecular weight is 163 g/mol. The van der Waals surface area contributed by atoms with Gasteiger partial charge in [-0.3, -0.25) is 0 Å². The topological polar surface area (TPSA) is 31.5 Å². The van der Waals surface area contributed by atoms with Crippen LogP contribution < -0.4 is 0 Å². The molecule has 0 aliphatic carbocycles. The highest BCUT2D eigenvalue weighted by atomic mass is 16.3. The van der Waals surface area contributed by atoms with E-state index in [0.717, 1.165) is 11.3 Å². The predicted octanol–water partition coefficient (Wildman–Crippen LogP) is 2.86. The maximum absolute atomic E-state index is 9.33. The molecular weight excluding hydrogens is 152 g/mol. The second-order valence-electron chi connectivity index (χ2n) is 2.41. The van der Waals surface area contributed by atoms with Gasteiger partial charge in [-0.2, -0.15) is 0 Å². The van der Waals surface area contributed by atoms with E-state index >= 15 is 0 Å². The summed E-state index contributed by atoms with van der Waals surface area (Å²) in [6.07, 6.45) is 4.50. The fourth-order valence-corrected chi connectivity index (χ4v) is 1.07. The van der Waals surface area contributed by atoms with Gasteiger partial charge in [0.05, 0.1) is 12.5 Å². The van der Waals surface area contributed by atoms with Gasteiger partial charge in [0.15, 0.2) is 0 Å². The molecule has 1 N–H and O–H groups in total. The zero-order valence-electron chi connectivity index (χ0n) is 7.00. The van der Waals surface area contributed by atoms with E-state index in [1.165, 1.54) is 6.26 Å². The molecular formula is C10H11O2+. The smallest absolute Gasteiger partial charge is 0.360 e. The highest BCUT2D eigenvalue weighted by Gasteiger charge is 2.15. The minimum Gasteiger partial charge on any atom is -0.500 e. The summed E-state index contributed by atoms with van der Waals surface area (Å²) in [6, 6.07) is 0. The number of hydrogen-bond donors (Lipinski definition) is 1. The van der Waals surface area contributed by atoms with Crippen molar-refractivity contribution in [1.82, 2.24) is 0 Å². The largest absolute Gasteiger partial charge is 0.500 e. The fourth-order valence-electron chi connectivity index (χ4n) is 1.07. The van der Waals surface area contributed by atoms with Gasteiger partial charge >= 0.3 is 12.0 Å². The lowest BCUT2D eigenvalue weighted by Crippen LogP contribution is -1.85. The second kappa shape index (κ2) is 3.22. The Kier molecular flexibility index (Phi) is 2.29. The van der Waals surface area contributed by atoms with E-state index in [1.807, 2.05) is 6.92 Å². The lowest BCUT2D eigenvalue weighted by molar-refractivity contribution is 0.423. The molecule has 1 rings (SSSR count). The van der Waals surface area contributed by atoms with Gasteiger partial charge in [-0.05, 0) is 0 Å². The van der Waals surface area contributed by atoms with Crippen LogP contribution in [0.1, 0.15) is 16.9 Å². The highest BCUT2D eigenvalue weighted by molar-refractivity contribution is 5.68. The Balaban J connectivity index is 3.48. The lowest BCUT2D eigenvalue weighted by atomic mass is 10.1. The van der Waals surface area contributed by atoms with Crippen LogP contribution in [0.2, 0.25) is 0 Å². The molecule has 2 nitrogen and oxygen atoms in total. The predicted molar refractivity (Wildman–Crippen MR) is 49.7 cm³/mol. The molecule has 62 valence electrons. The first-order chi connectivity index (χ1) is 5.70. The van der Waals surface area contributed by atoms with Crippen LogP contribution in [0.5, 0.6) is 5.75 Å². The molecule has 2 heteroatoms. The summed E-state index contributed by atoms with van der Waals surface area (Å²) in [5.41, 5.74) is 1.44. The number of hydrogen-bond acceptors (Lipinski definition) is 1. The van der Waals surface area contributed by atoms with Crippen LogP contribution in [-0.2, 0) is 0 Å². The van der Waals surface area contributed by atoms with Crippen molar-refractivity contribution in [2.75, 3.05) is 0 Å². The average Bonchev–Trinajstić information content (AvgIpc) is 2.08. The molecule has 0 aromatic carbocycles. The Morgan fingerprint density at radius 2 is 1.92 bits per heavy atom. The lowest BCUT2D eigenvalue weighted by Gasteiger charge is -1.97. The van der Waals surface area contributed by atoms with Crippen LogP contribution in [0.3, 0.4) is 0 Å². The van der Waals surface area contributed by atoms with Crippen LogP contribution in [0, 0.1) is 6.92 Å². The normalized spacial score (nSPS) is 9.42. The van der Waals surface area contributed by atoms with E-state index in [0.29, 0.717) is 5.56 Å². The van der Waals surface area contributed by atoms with Crippen LogP contribution >= 0.6 is 0 Å². The molecule has 0 bridgehead atoms. The van der Waals surface area contributed by atoms with E-state index in [1.54, 1.807) is 12.2 Å². The summed E-state index contributed by atoms with van der Waals surface area (Å²) >= 11 is 0. The van der Waals surface area contributed by atoms with Crippen molar-refractivity contribution in [3.63, 3.8) is 0 Å². The molecule has 12 heavy (non-hydrogen) atoms. The molecule has 0 unspecified atom stereocenters. The number of rotatable bonds is 2. The Hall–Kier alpha value is -1.57. The van der Waals surface area contributed by atoms with Crippen molar-refractivity contribution in [2.24, 2.45) is 0 Å². The highest BCUT2D eigenvalue weighted by Crippen LogP contribution is 2.25. The molecule has 1 aromatic rings. The van der Waals surface area contributed by atoms with E-state index in [2.05, 4.69) is 13.2 Å². The molecule has 0 fully saturated rings. The van der Waals surface area contributed by atoms with Crippen molar-refractivity contribution >= 4 is 12.2 Å². The molecule has 1 aromatic heterocycles. The Bertz CT molecular complexity index is 294. The minimum atomic E-state index is 0.0884. The zero-order chi connectivity index (χ0) is 9.14. The van der Waals surface area contributed by atoms with E-state index in [-0.39, 0.29) is 5.75 Å². The molecule has 1 heterocycles. The molecule has 0 amide bonds. The molecule has 0 spiro atoms. The zero-order valence-corrected chi connectivity index (χ0v) is 7.00. The third-order valence-electron chi connectivity index (χ3n) is 1.70. The molecule has 0 atom stereocenters. The van der Waals surface area contributed by atoms with Crippen LogP contribution in [-0.4, -0.2) is 5.11 Å². The standard InChI is InChI=1S/C10H10O2/c1-4-8-7(3)12-6-10(11)9(8)5-2/h4-6H,1-2H2,3H3/p+1. The van der Waals surface area contributed by atoms with Gasteiger partial charge in [0, 0.05) is 5.56 Å². The Morgan fingerprint density at radius 3 is 2.33 bits per heavy atom. The summed E-state index contributed by atoms with van der Waals surface area (Å²) in [5, 5.41) is 9.33. The quantitative estimate of drug-likeness (QED) is 0.680. The molecule has 0 saturated carbocycles. The van der Waals surface area contributed by atoms with Gasteiger partial charge in [0.2, 0.25) is 5.75 Å². The summed E-state index contributed by atoms with van der Waals surface area (Å²) in [5.74, 6) is 0.809. The van der Waals surface area contributed by atoms with Crippen molar-refractivity contribution in [3.8, 4) is 5.75 Å². The first kappa shape index (κ1) is 8.53. The van der Waals surface area contributed by atoms with Crippen LogP contribution in [0.4, 0.5) is 0 Å². The van der Waals surface area contributed by atoms with Gasteiger partial charge in [-0.15, -0.1) is 0 Å². The van der Waals surface area contributed by atoms with Crippen LogP contribution in [0.15, 0.2) is 23.8 Å². The third-order valence-corrected chi connectivity index (χ3v) is 1.70. The number of aromatic hydroxyl groups is 1. The molecule has 0 aliphatic rings. The maximum atomic E-state index is 9.33. The van der Waals surface area contributed by atoms with E-state index in [4.69, 9.17) is 4.42 Å². The van der Waals surface area contributed by atoms with Crippen molar-refractivity contribution in [1.29, 1.82) is 0 Å². The summed E-state index contributed by atoms with van der Waals surface area (Å²) in [4.78, 5) is 0. The summed E-state index contributed by atoms with van der Waals surface area (Å²) in [7, 11) is 0. The fraction of sp³-hybridized carbons (Fsp3) is 0.100. The second-order valence-corrected chi connectivity index (χ2v) is 2.41. The van der Waals surface area contributed by atoms with Crippen molar-refractivity contribution in [2.45, 2.75) is 6.92 Å². The van der Waals surface area contributed by atoms with Gasteiger partial charge in [-0.1, -0.05) is 25.3 Å². The van der Waals surface area contributed by atoms with Crippen LogP contribution in [0.25, 0.3) is 12.2 Å². The molecule has 0 saturated heterocycles. The van der Waals surface area contributed by atoms with E-state index < -0.39 is 0 Å². The van der Waals surface area contributed by atoms with Gasteiger partial charge in [-0.25, -0.2) is 4.42 Å². The SMILES string of the molecule is C=Cc1c(O)c[o+]c(C)c1C=C. The monoisotopic (exact) mass is 163 g/mol. The van der Waals surface area contributed by atoms with Crippen molar-refractivity contribution in [3.05, 3.63) is 36.3 Å². The van der Waals surface area contributed by atoms with Gasteiger partial charge in [0.1, 0.15) is 0 Å². The van der Waals surface area contributed by atoms with Gasteiger partial charge < -0.3 is 5.11 Å². The third kappa shape index (κ3) is 1.23. The summed E-state index contributed by atoms with van der Waals surface area (Å²) < 4.78 is 5.05.